The molecule has 1 atom stereocenters. The van der Waals surface area contributed by atoms with E-state index >= 15 is 0 Å². The van der Waals surface area contributed by atoms with Crippen molar-refractivity contribution >= 4 is 5.97 Å². The molecule has 1 unspecified atom stereocenters. The monoisotopic (exact) mass is 455 g/mol. The first-order valence-electron chi connectivity index (χ1n) is 12.5. The van der Waals surface area contributed by atoms with Gasteiger partial charge in [0.2, 0.25) is 0 Å². The molecule has 1 fully saturated rings. The zero-order valence-corrected chi connectivity index (χ0v) is 19.7. The van der Waals surface area contributed by atoms with Crippen LogP contribution in [-0.2, 0) is 13.0 Å². The van der Waals surface area contributed by atoms with E-state index in [1.807, 2.05) is 12.1 Å². The number of aromatic carboxylic acids is 1. The Morgan fingerprint density at radius 1 is 0.941 bits per heavy atom. The van der Waals surface area contributed by atoms with Gasteiger partial charge < -0.3 is 14.7 Å². The number of benzene rings is 3. The fourth-order valence-corrected chi connectivity index (χ4v) is 5.61. The number of ether oxygens (including phenoxy) is 1. The molecule has 3 aromatic rings. The molecule has 0 aliphatic carbocycles. The molecule has 0 amide bonds. The van der Waals surface area contributed by atoms with Crippen molar-refractivity contribution in [1.29, 1.82) is 0 Å². The number of hydrogen-bond donors (Lipinski definition) is 1. The van der Waals surface area contributed by atoms with E-state index in [2.05, 4.69) is 59.5 Å². The topological polar surface area (TPSA) is 49.8 Å². The number of carboxylic acid groups (broad SMARTS) is 1. The van der Waals surface area contributed by atoms with Crippen molar-refractivity contribution in [3.8, 4) is 5.75 Å². The van der Waals surface area contributed by atoms with Gasteiger partial charge in [0, 0.05) is 11.5 Å². The summed E-state index contributed by atoms with van der Waals surface area (Å²) in [6.07, 6.45) is 5.79. The Morgan fingerprint density at radius 3 is 2.50 bits per heavy atom. The molecule has 2 aliphatic rings. The largest absolute Gasteiger partial charge is 0.489 e. The average Bonchev–Trinajstić information content (AvgIpc) is 3.02. The second kappa shape index (κ2) is 10.4. The number of carboxylic acids is 1. The second-order valence-electron chi connectivity index (χ2n) is 9.71. The molecule has 34 heavy (non-hydrogen) atoms. The van der Waals surface area contributed by atoms with Gasteiger partial charge in [0.25, 0.3) is 0 Å². The summed E-state index contributed by atoms with van der Waals surface area (Å²) < 4.78 is 6.09. The summed E-state index contributed by atoms with van der Waals surface area (Å²) in [5.41, 5.74) is 5.25. The molecule has 0 saturated carbocycles. The number of hydrogen-bond acceptors (Lipinski definition) is 3. The molecule has 3 aromatic carbocycles. The predicted molar refractivity (Wildman–Crippen MR) is 135 cm³/mol. The Morgan fingerprint density at radius 2 is 1.71 bits per heavy atom. The highest BCUT2D eigenvalue weighted by molar-refractivity contribution is 5.88. The van der Waals surface area contributed by atoms with Crippen molar-refractivity contribution < 1.29 is 14.6 Å². The van der Waals surface area contributed by atoms with Crippen LogP contribution in [0.4, 0.5) is 0 Å². The lowest BCUT2D eigenvalue weighted by molar-refractivity contribution is 0.0696. The van der Waals surface area contributed by atoms with Crippen molar-refractivity contribution in [2.45, 2.75) is 44.6 Å². The molecule has 1 N–H and O–H groups in total. The Balaban J connectivity index is 1.23. The number of carbonyl (C=O) groups is 1. The van der Waals surface area contributed by atoms with E-state index in [9.17, 15) is 9.90 Å². The molecule has 5 rings (SSSR count). The average molecular weight is 456 g/mol. The van der Waals surface area contributed by atoms with E-state index in [4.69, 9.17) is 4.74 Å². The lowest BCUT2D eigenvalue weighted by Crippen LogP contribution is -2.35. The maximum atomic E-state index is 11.6. The first-order valence-corrected chi connectivity index (χ1v) is 12.5. The Bertz CT molecular complexity index is 1120. The second-order valence-corrected chi connectivity index (χ2v) is 9.71. The number of nitrogens with zero attached hydrogens (tertiary/aromatic N) is 1. The predicted octanol–water partition coefficient (Wildman–Crippen LogP) is 6.14. The highest BCUT2D eigenvalue weighted by Gasteiger charge is 2.26. The van der Waals surface area contributed by atoms with Crippen LogP contribution in [0.3, 0.4) is 0 Å². The molecule has 0 aromatic heterocycles. The fraction of sp³-hybridized carbons (Fsp3) is 0.367. The van der Waals surface area contributed by atoms with Crippen LogP contribution in [0, 0.1) is 5.92 Å². The van der Waals surface area contributed by atoms with Crippen LogP contribution in [0.2, 0.25) is 0 Å². The van der Waals surface area contributed by atoms with E-state index in [0.29, 0.717) is 12.2 Å². The van der Waals surface area contributed by atoms with E-state index in [1.54, 1.807) is 6.07 Å². The highest BCUT2D eigenvalue weighted by Crippen LogP contribution is 2.40. The van der Waals surface area contributed by atoms with Gasteiger partial charge in [-0.05, 0) is 92.5 Å². The first kappa shape index (κ1) is 22.7. The molecular weight excluding hydrogens is 422 g/mol. The highest BCUT2D eigenvalue weighted by atomic mass is 16.5. The lowest BCUT2D eigenvalue weighted by atomic mass is 9.84. The van der Waals surface area contributed by atoms with E-state index < -0.39 is 5.97 Å². The summed E-state index contributed by atoms with van der Waals surface area (Å²) in [6.45, 7) is 3.95. The van der Waals surface area contributed by atoms with E-state index in [0.717, 1.165) is 36.6 Å². The number of piperidine rings is 1. The molecule has 4 nitrogen and oxygen atoms in total. The Labute approximate surface area is 202 Å². The van der Waals surface area contributed by atoms with Gasteiger partial charge >= 0.3 is 5.97 Å². The minimum Gasteiger partial charge on any atom is -0.489 e. The molecule has 0 bridgehead atoms. The summed E-state index contributed by atoms with van der Waals surface area (Å²) in [4.78, 5) is 14.2. The Kier molecular flexibility index (Phi) is 6.96. The van der Waals surface area contributed by atoms with Crippen molar-refractivity contribution in [2.75, 3.05) is 19.6 Å². The van der Waals surface area contributed by atoms with Gasteiger partial charge in [0.05, 0.1) is 5.56 Å². The van der Waals surface area contributed by atoms with Gasteiger partial charge in [-0.3, -0.25) is 0 Å². The molecule has 2 heterocycles. The molecule has 0 spiro atoms. The zero-order chi connectivity index (χ0) is 23.3. The normalized spacial score (nSPS) is 18.4. The SMILES string of the molecule is O=C(O)c1ccc2c(c1)C(CCCN1CCC(Cc3ccccc3)CC1)c1ccccc1CO2. The molecular formula is C30H33NO3. The lowest BCUT2D eigenvalue weighted by Gasteiger charge is -2.32. The molecule has 2 aliphatic heterocycles. The van der Waals surface area contributed by atoms with Crippen molar-refractivity contribution in [3.05, 3.63) is 101 Å². The number of likely N-dealkylation sites (tertiary alicyclic amines) is 1. The molecule has 1 saturated heterocycles. The van der Waals surface area contributed by atoms with Crippen LogP contribution in [0.15, 0.2) is 72.8 Å². The molecule has 4 heteroatoms. The zero-order valence-electron chi connectivity index (χ0n) is 19.7. The summed E-state index contributed by atoms with van der Waals surface area (Å²) >= 11 is 0. The van der Waals surface area contributed by atoms with Gasteiger partial charge in [-0.1, -0.05) is 54.6 Å². The maximum absolute atomic E-state index is 11.6. The fourth-order valence-electron chi connectivity index (χ4n) is 5.61. The summed E-state index contributed by atoms with van der Waals surface area (Å²) in [6, 6.07) is 24.6. The van der Waals surface area contributed by atoms with E-state index in [-0.39, 0.29) is 5.92 Å². The Hall–Kier alpha value is -3.11. The van der Waals surface area contributed by atoms with Gasteiger partial charge in [-0.15, -0.1) is 0 Å². The van der Waals surface area contributed by atoms with Crippen LogP contribution in [0.25, 0.3) is 0 Å². The third kappa shape index (κ3) is 5.18. The standard InChI is InChI=1S/C30H33NO3/c32-30(33)24-12-13-29-28(20-24)27(26-10-5-4-9-25(26)21-34-29)11-6-16-31-17-14-23(15-18-31)19-22-7-2-1-3-8-22/h1-5,7-10,12-13,20,23,27H,6,11,14-19,21H2,(H,32,33). The maximum Gasteiger partial charge on any atom is 0.335 e. The summed E-state index contributed by atoms with van der Waals surface area (Å²) in [5, 5.41) is 9.55. The van der Waals surface area contributed by atoms with E-state index in [1.165, 1.54) is 49.0 Å². The van der Waals surface area contributed by atoms with Gasteiger partial charge in [0.1, 0.15) is 12.4 Å². The molecule has 0 radical (unpaired) electrons. The third-order valence-corrected chi connectivity index (χ3v) is 7.49. The quantitative estimate of drug-likeness (QED) is 0.465. The summed E-state index contributed by atoms with van der Waals surface area (Å²) in [7, 11) is 0. The van der Waals surface area contributed by atoms with Crippen LogP contribution >= 0.6 is 0 Å². The van der Waals surface area contributed by atoms with Crippen LogP contribution < -0.4 is 4.74 Å². The summed E-state index contributed by atoms with van der Waals surface area (Å²) in [5.74, 6) is 0.861. The van der Waals surface area contributed by atoms with Crippen molar-refractivity contribution in [2.24, 2.45) is 5.92 Å². The van der Waals surface area contributed by atoms with Crippen LogP contribution in [-0.4, -0.2) is 35.6 Å². The third-order valence-electron chi connectivity index (χ3n) is 7.49. The van der Waals surface area contributed by atoms with Gasteiger partial charge in [-0.2, -0.15) is 0 Å². The van der Waals surface area contributed by atoms with Crippen molar-refractivity contribution in [3.63, 3.8) is 0 Å². The van der Waals surface area contributed by atoms with Crippen LogP contribution in [0.5, 0.6) is 5.75 Å². The number of rotatable bonds is 7. The number of fused-ring (bicyclic) bond motifs is 2. The van der Waals surface area contributed by atoms with Gasteiger partial charge in [-0.25, -0.2) is 4.79 Å². The van der Waals surface area contributed by atoms with Crippen molar-refractivity contribution in [1.82, 2.24) is 4.90 Å². The minimum absolute atomic E-state index is 0.156. The molecule has 176 valence electrons. The minimum atomic E-state index is -0.891. The first-order chi connectivity index (χ1) is 16.7. The van der Waals surface area contributed by atoms with Gasteiger partial charge in [0.15, 0.2) is 0 Å². The smallest absolute Gasteiger partial charge is 0.335 e. The van der Waals surface area contributed by atoms with Crippen LogP contribution in [0.1, 0.15) is 64.2 Å².